The van der Waals surface area contributed by atoms with Crippen molar-refractivity contribution in [3.63, 3.8) is 0 Å². The molecule has 2 nitrogen and oxygen atoms in total. The standard InChI is InChI=1S/C10H12Br2N2/c1-14(8-3-2-4-8)10-9(12)5-7(11)6-13-10/h5-6,8H,2-4H2,1H3. The number of aromatic nitrogens is 1. The highest BCUT2D eigenvalue weighted by molar-refractivity contribution is 9.11. The average Bonchev–Trinajstić information content (AvgIpc) is 2.00. The van der Waals surface area contributed by atoms with Gasteiger partial charge in [-0.05, 0) is 57.2 Å². The van der Waals surface area contributed by atoms with Crippen LogP contribution in [0.5, 0.6) is 0 Å². The Labute approximate surface area is 101 Å². The molecule has 1 aromatic heterocycles. The maximum Gasteiger partial charge on any atom is 0.142 e. The van der Waals surface area contributed by atoms with Gasteiger partial charge < -0.3 is 4.90 Å². The summed E-state index contributed by atoms with van der Waals surface area (Å²) in [4.78, 5) is 6.68. The van der Waals surface area contributed by atoms with E-state index in [1.807, 2.05) is 12.3 Å². The second-order valence-corrected chi connectivity index (χ2v) is 5.42. The second kappa shape index (κ2) is 4.19. The predicted octanol–water partition coefficient (Wildman–Crippen LogP) is 3.60. The van der Waals surface area contributed by atoms with E-state index in [0.29, 0.717) is 6.04 Å². The maximum atomic E-state index is 4.41. The molecule has 2 rings (SSSR count). The summed E-state index contributed by atoms with van der Waals surface area (Å²) >= 11 is 6.94. The molecule has 0 N–H and O–H groups in total. The monoisotopic (exact) mass is 318 g/mol. The molecule has 0 spiro atoms. The highest BCUT2D eigenvalue weighted by Gasteiger charge is 2.24. The lowest BCUT2D eigenvalue weighted by atomic mass is 9.92. The summed E-state index contributed by atoms with van der Waals surface area (Å²) in [6.07, 6.45) is 5.78. The number of hydrogen-bond acceptors (Lipinski definition) is 2. The molecule has 0 aromatic carbocycles. The van der Waals surface area contributed by atoms with E-state index in [2.05, 4.69) is 48.8 Å². The van der Waals surface area contributed by atoms with Crippen molar-refractivity contribution in [3.8, 4) is 0 Å². The first kappa shape index (κ1) is 10.4. The molecule has 4 heteroatoms. The third kappa shape index (κ3) is 1.96. The largest absolute Gasteiger partial charge is 0.356 e. The molecule has 1 aliphatic rings. The molecule has 1 aliphatic carbocycles. The zero-order valence-electron chi connectivity index (χ0n) is 8.00. The first-order valence-electron chi connectivity index (χ1n) is 4.72. The molecule has 1 aromatic rings. The van der Waals surface area contributed by atoms with Crippen molar-refractivity contribution in [3.05, 3.63) is 21.2 Å². The van der Waals surface area contributed by atoms with E-state index in [-0.39, 0.29) is 0 Å². The Hall–Kier alpha value is -0.0900. The van der Waals surface area contributed by atoms with Gasteiger partial charge in [-0.25, -0.2) is 4.98 Å². The van der Waals surface area contributed by atoms with Crippen molar-refractivity contribution >= 4 is 37.7 Å². The number of pyridine rings is 1. The maximum absolute atomic E-state index is 4.41. The number of rotatable bonds is 2. The molecular formula is C10H12Br2N2. The van der Waals surface area contributed by atoms with Crippen molar-refractivity contribution in [1.82, 2.24) is 4.98 Å². The minimum atomic E-state index is 0.681. The zero-order chi connectivity index (χ0) is 10.1. The van der Waals surface area contributed by atoms with Crippen LogP contribution in [0.2, 0.25) is 0 Å². The van der Waals surface area contributed by atoms with Gasteiger partial charge in [0.05, 0.1) is 4.47 Å². The number of hydrogen-bond donors (Lipinski definition) is 0. The van der Waals surface area contributed by atoms with Crippen LogP contribution in [0.3, 0.4) is 0 Å². The first-order chi connectivity index (χ1) is 6.68. The van der Waals surface area contributed by atoms with Crippen molar-refractivity contribution in [2.75, 3.05) is 11.9 Å². The van der Waals surface area contributed by atoms with Crippen LogP contribution in [0, 0.1) is 0 Å². The van der Waals surface area contributed by atoms with Crippen LogP contribution in [0.1, 0.15) is 19.3 Å². The molecule has 76 valence electrons. The van der Waals surface area contributed by atoms with Gasteiger partial charge in [0.25, 0.3) is 0 Å². The van der Waals surface area contributed by atoms with Gasteiger partial charge in [-0.1, -0.05) is 0 Å². The zero-order valence-corrected chi connectivity index (χ0v) is 11.2. The van der Waals surface area contributed by atoms with Crippen molar-refractivity contribution in [2.24, 2.45) is 0 Å². The minimum Gasteiger partial charge on any atom is -0.356 e. The Bertz CT molecular complexity index is 337. The molecule has 0 amide bonds. The summed E-state index contributed by atoms with van der Waals surface area (Å²) in [6, 6.07) is 2.72. The quantitative estimate of drug-likeness (QED) is 0.828. The van der Waals surface area contributed by atoms with Crippen LogP contribution in [-0.2, 0) is 0 Å². The fourth-order valence-corrected chi connectivity index (χ4v) is 2.88. The topological polar surface area (TPSA) is 16.1 Å². The second-order valence-electron chi connectivity index (χ2n) is 3.65. The summed E-state index contributed by atoms with van der Waals surface area (Å²) in [5.74, 6) is 1.04. The highest BCUT2D eigenvalue weighted by Crippen LogP contribution is 2.32. The average molecular weight is 320 g/mol. The van der Waals surface area contributed by atoms with Crippen LogP contribution >= 0.6 is 31.9 Å². The molecule has 0 atom stereocenters. The Balaban J connectivity index is 2.22. The predicted molar refractivity (Wildman–Crippen MR) is 65.7 cm³/mol. The van der Waals surface area contributed by atoms with Gasteiger partial charge in [0, 0.05) is 23.8 Å². The summed E-state index contributed by atoms with van der Waals surface area (Å²) in [7, 11) is 2.12. The Kier molecular flexibility index (Phi) is 3.12. The Morgan fingerprint density at radius 3 is 2.64 bits per heavy atom. The minimum absolute atomic E-state index is 0.681. The van der Waals surface area contributed by atoms with E-state index < -0.39 is 0 Å². The van der Waals surface area contributed by atoms with Crippen LogP contribution < -0.4 is 4.90 Å². The molecule has 1 heterocycles. The van der Waals surface area contributed by atoms with E-state index in [0.717, 1.165) is 14.8 Å². The summed E-state index contributed by atoms with van der Waals surface area (Å²) < 4.78 is 2.07. The number of nitrogens with zero attached hydrogens (tertiary/aromatic N) is 2. The van der Waals surface area contributed by atoms with Crippen LogP contribution in [-0.4, -0.2) is 18.1 Å². The van der Waals surface area contributed by atoms with Crippen molar-refractivity contribution in [1.29, 1.82) is 0 Å². The molecule has 0 radical (unpaired) electrons. The van der Waals surface area contributed by atoms with Crippen molar-refractivity contribution < 1.29 is 0 Å². The van der Waals surface area contributed by atoms with Gasteiger partial charge in [-0.3, -0.25) is 0 Å². The molecule has 0 aliphatic heterocycles. The SMILES string of the molecule is CN(c1ncc(Br)cc1Br)C1CCC1. The smallest absolute Gasteiger partial charge is 0.142 e. The van der Waals surface area contributed by atoms with Crippen molar-refractivity contribution in [2.45, 2.75) is 25.3 Å². The summed E-state index contributed by atoms with van der Waals surface area (Å²) in [5, 5.41) is 0. The lowest BCUT2D eigenvalue weighted by Gasteiger charge is -2.36. The van der Waals surface area contributed by atoms with Gasteiger partial charge in [0.1, 0.15) is 5.82 Å². The number of anilines is 1. The molecule has 0 saturated heterocycles. The molecule has 1 saturated carbocycles. The van der Waals surface area contributed by atoms with Gasteiger partial charge >= 0.3 is 0 Å². The van der Waals surface area contributed by atoms with Gasteiger partial charge in [-0.15, -0.1) is 0 Å². The van der Waals surface area contributed by atoms with Crippen LogP contribution in [0.4, 0.5) is 5.82 Å². The lowest BCUT2D eigenvalue weighted by molar-refractivity contribution is 0.399. The van der Waals surface area contributed by atoms with E-state index in [9.17, 15) is 0 Å². The van der Waals surface area contributed by atoms with E-state index in [1.54, 1.807) is 0 Å². The van der Waals surface area contributed by atoms with Crippen LogP contribution in [0.15, 0.2) is 21.2 Å². The van der Waals surface area contributed by atoms with Crippen LogP contribution in [0.25, 0.3) is 0 Å². The van der Waals surface area contributed by atoms with Gasteiger partial charge in [0.2, 0.25) is 0 Å². The lowest BCUT2D eigenvalue weighted by Crippen LogP contribution is -2.37. The normalized spacial score (nSPS) is 16.5. The van der Waals surface area contributed by atoms with E-state index in [1.165, 1.54) is 19.3 Å². The Morgan fingerprint density at radius 2 is 2.14 bits per heavy atom. The third-order valence-electron chi connectivity index (χ3n) is 2.74. The molecular weight excluding hydrogens is 308 g/mol. The fourth-order valence-electron chi connectivity index (χ4n) is 1.61. The third-order valence-corrected chi connectivity index (χ3v) is 3.76. The molecule has 14 heavy (non-hydrogen) atoms. The molecule has 0 unspecified atom stereocenters. The van der Waals surface area contributed by atoms with E-state index in [4.69, 9.17) is 0 Å². The Morgan fingerprint density at radius 1 is 1.43 bits per heavy atom. The van der Waals surface area contributed by atoms with Gasteiger partial charge in [-0.2, -0.15) is 0 Å². The first-order valence-corrected chi connectivity index (χ1v) is 6.31. The fraction of sp³-hybridized carbons (Fsp3) is 0.500. The summed E-state index contributed by atoms with van der Waals surface area (Å²) in [6.45, 7) is 0. The number of halogens is 2. The summed E-state index contributed by atoms with van der Waals surface area (Å²) in [5.41, 5.74) is 0. The van der Waals surface area contributed by atoms with E-state index >= 15 is 0 Å². The van der Waals surface area contributed by atoms with Gasteiger partial charge in [0.15, 0.2) is 0 Å². The molecule has 1 fully saturated rings. The highest BCUT2D eigenvalue weighted by atomic mass is 79.9. The molecule has 0 bridgehead atoms.